The van der Waals surface area contributed by atoms with Gasteiger partial charge in [0.15, 0.2) is 0 Å². The molecule has 2 aromatic heterocycles. The molecule has 2 N–H and O–H groups in total. The maximum atomic E-state index is 11.2. The zero-order chi connectivity index (χ0) is 23.3. The number of carboxylic acids is 2. The van der Waals surface area contributed by atoms with Crippen LogP contribution in [-0.4, -0.2) is 22.2 Å². The predicted molar refractivity (Wildman–Crippen MR) is 138 cm³/mol. The number of hydrogen-bond donors (Lipinski definition) is 2. The molecule has 9 heteroatoms. The molecule has 0 bridgehead atoms. The van der Waals surface area contributed by atoms with Crippen molar-refractivity contribution < 1.29 is 29.2 Å². The Bertz CT molecular complexity index is 1330. The van der Waals surface area contributed by atoms with Crippen LogP contribution < -0.4 is 10.5 Å². The molecule has 0 fully saturated rings. The zero-order valence-electron chi connectivity index (χ0n) is 16.9. The van der Waals surface area contributed by atoms with Crippen LogP contribution in [0, 0.1) is 0 Å². The number of fused-ring (bicyclic) bond motifs is 3. The van der Waals surface area contributed by atoms with E-state index in [-0.39, 0.29) is 11.1 Å². The minimum atomic E-state index is -0.944. The average Bonchev–Trinajstić information content (AvgIpc) is 3.05. The van der Waals surface area contributed by atoms with Gasteiger partial charge in [0.25, 0.3) is 0 Å². The zero-order valence-corrected chi connectivity index (χ0v) is 21.2. The number of aromatic carboxylic acids is 2. The van der Waals surface area contributed by atoms with Gasteiger partial charge in [-0.2, -0.15) is 0 Å². The molecule has 162 valence electrons. The van der Waals surface area contributed by atoms with Crippen molar-refractivity contribution in [1.29, 1.82) is 0 Å². The highest BCUT2D eigenvalue weighted by molar-refractivity contribution is 14.2. The average molecular weight is 664 g/mol. The number of halogens is 2. The highest BCUT2D eigenvalue weighted by Crippen LogP contribution is 2.30. The van der Waals surface area contributed by atoms with Crippen LogP contribution in [0.25, 0.3) is 33.6 Å². The Morgan fingerprint density at radius 3 is 1.24 bits per heavy atom. The third kappa shape index (κ3) is 3.79. The van der Waals surface area contributed by atoms with E-state index in [1.165, 1.54) is 0 Å². The van der Waals surface area contributed by atoms with Gasteiger partial charge in [0.05, 0.1) is 31.6 Å². The number of hydrogen-bond acceptors (Lipinski definition) is 2. The quantitative estimate of drug-likeness (QED) is 0.190. The summed E-state index contributed by atoms with van der Waals surface area (Å²) in [6, 6.07) is 21.9. The number of benzene rings is 2. The van der Waals surface area contributed by atoms with Gasteiger partial charge in [0.1, 0.15) is 0 Å². The van der Waals surface area contributed by atoms with E-state index in [1.807, 2.05) is 36.4 Å². The molecule has 0 amide bonds. The van der Waals surface area contributed by atoms with Crippen LogP contribution >= 0.6 is 45.7 Å². The number of nitrogens with zero attached hydrogens (tertiary/aromatic N) is 3. The number of rotatable bonds is 4. The van der Waals surface area contributed by atoms with E-state index in [0.29, 0.717) is 1.13 Å². The predicted octanol–water partition coefficient (Wildman–Crippen LogP) is 4.57. The summed E-state index contributed by atoms with van der Waals surface area (Å²) >= 11 is 4.69. The maximum absolute atomic E-state index is 11.2. The molecule has 5 rings (SSSR count). The second-order valence-corrected chi connectivity index (χ2v) is 12.1. The summed E-state index contributed by atoms with van der Waals surface area (Å²) in [5.41, 5.74) is 6.41. The summed E-state index contributed by atoms with van der Waals surface area (Å²) in [7, 11) is 0. The first kappa shape index (κ1) is 21.9. The van der Waals surface area contributed by atoms with Crippen molar-refractivity contribution in [2.45, 2.75) is 0 Å². The van der Waals surface area contributed by atoms with E-state index < -0.39 is 11.9 Å². The van der Waals surface area contributed by atoms with Gasteiger partial charge in [-0.05, 0) is 47.5 Å². The standard InChI is InChI=1S/C24H14I2N3O4/c25-29(26)27-13-19(15-1-5-17(6-2-15)23(30)31)9-11-21(27)22-12-10-20(14-28(22)29)16-3-7-18(8-4-16)24(32)33/h1-14H/q+1/p+2. The van der Waals surface area contributed by atoms with Gasteiger partial charge in [0, 0.05) is 12.1 Å². The largest absolute Gasteiger partial charge is 0.478 e. The molecule has 0 saturated heterocycles. The first-order valence-corrected chi connectivity index (χ1v) is 11.8. The third-order valence-corrected chi connectivity index (χ3v) is 7.43. The molecule has 0 saturated carbocycles. The smallest absolute Gasteiger partial charge is 0.408 e. The number of carbonyl (C=O) groups is 2. The molecule has 33 heavy (non-hydrogen) atoms. The summed E-state index contributed by atoms with van der Waals surface area (Å²) in [4.78, 5) is 22.3. The highest BCUT2D eigenvalue weighted by Gasteiger charge is 2.58. The van der Waals surface area contributed by atoms with E-state index in [4.69, 9.17) is 10.2 Å². The van der Waals surface area contributed by atoms with Gasteiger partial charge in [-0.15, -0.1) is 0 Å². The molecule has 0 atom stereocenters. The van der Waals surface area contributed by atoms with E-state index in [0.717, 1.165) is 33.6 Å². The van der Waals surface area contributed by atoms with Crippen LogP contribution in [0.15, 0.2) is 85.2 Å². The lowest BCUT2D eigenvalue weighted by Gasteiger charge is -2.05. The fraction of sp³-hybridized carbons (Fsp3) is 0. The molecule has 0 radical (unpaired) electrons. The Balaban J connectivity index is 1.54. The molecular weight excluding hydrogens is 648 g/mol. The topological polar surface area (TPSA) is 82.4 Å². The van der Waals surface area contributed by atoms with Gasteiger partial charge in [-0.25, -0.2) is 9.59 Å². The Labute approximate surface area is 216 Å². The fourth-order valence-electron chi connectivity index (χ4n) is 3.84. The van der Waals surface area contributed by atoms with E-state index >= 15 is 0 Å². The Hall–Kier alpha value is -2.90. The minimum Gasteiger partial charge on any atom is -0.478 e. The Kier molecular flexibility index (Phi) is 5.41. The highest BCUT2D eigenvalue weighted by atomic mass is 127. The molecule has 1 aliphatic heterocycles. The first-order valence-electron chi connectivity index (χ1n) is 9.85. The van der Waals surface area contributed by atoms with Gasteiger partial charge in [-0.1, -0.05) is 24.3 Å². The summed E-state index contributed by atoms with van der Waals surface area (Å²) in [5.74, 6) is -1.89. The molecule has 3 heterocycles. The lowest BCUT2D eigenvalue weighted by Crippen LogP contribution is -2.73. The molecule has 0 spiro atoms. The second kappa shape index (κ2) is 8.15. The number of carboxylic acid groups (broad SMARTS) is 2. The van der Waals surface area contributed by atoms with Crippen molar-refractivity contribution in [3.8, 4) is 33.6 Å². The summed E-state index contributed by atoms with van der Waals surface area (Å²) in [6.07, 6.45) is 4.11. The van der Waals surface area contributed by atoms with Gasteiger partial charge in [-0.3, -0.25) is 0 Å². The SMILES string of the molecule is O=C(O)c1ccc(-c2ccc3[n+](c2)[N+](I)(I)[n+]2cc(-c4ccc(C(=O)O)cc4)ccc2-3)cc1. The van der Waals surface area contributed by atoms with Crippen molar-refractivity contribution in [1.82, 2.24) is 1.13 Å². The molecule has 4 aromatic rings. The van der Waals surface area contributed by atoms with Crippen molar-refractivity contribution in [3.05, 3.63) is 96.3 Å². The number of quaternary nitrogens is 1. The van der Waals surface area contributed by atoms with Crippen molar-refractivity contribution in [3.63, 3.8) is 0 Å². The van der Waals surface area contributed by atoms with Crippen molar-refractivity contribution in [2.75, 3.05) is 0 Å². The lowest BCUT2D eigenvalue weighted by atomic mass is 10.0. The monoisotopic (exact) mass is 664 g/mol. The van der Waals surface area contributed by atoms with Gasteiger partial charge < -0.3 is 10.2 Å². The summed E-state index contributed by atoms with van der Waals surface area (Å²) < 4.78 is 4.62. The van der Waals surface area contributed by atoms with Crippen LogP contribution in [0.3, 0.4) is 0 Å². The van der Waals surface area contributed by atoms with Crippen molar-refractivity contribution in [2.24, 2.45) is 0 Å². The summed E-state index contributed by atoms with van der Waals surface area (Å²) in [5, 5.41) is 18.3. The van der Waals surface area contributed by atoms with Crippen LogP contribution in [0.1, 0.15) is 20.7 Å². The van der Waals surface area contributed by atoms with Crippen molar-refractivity contribution >= 4 is 57.7 Å². The molecule has 7 nitrogen and oxygen atoms in total. The van der Waals surface area contributed by atoms with E-state index in [1.54, 1.807) is 24.3 Å². The number of pyridine rings is 2. The number of aromatic nitrogens is 2. The van der Waals surface area contributed by atoms with Gasteiger partial charge >= 0.3 is 69.1 Å². The van der Waals surface area contributed by atoms with Gasteiger partial charge in [0.2, 0.25) is 13.5 Å². The molecule has 0 aliphatic carbocycles. The molecule has 0 unspecified atom stereocenters. The molecule has 1 aliphatic rings. The normalized spacial score (nSPS) is 13.3. The maximum Gasteiger partial charge on any atom is 0.408 e. The van der Waals surface area contributed by atoms with E-state index in [2.05, 4.69) is 79.6 Å². The summed E-state index contributed by atoms with van der Waals surface area (Å²) in [6.45, 7) is 0. The molecule has 2 aromatic carbocycles. The fourth-order valence-corrected chi connectivity index (χ4v) is 5.27. The Morgan fingerprint density at radius 1 is 0.576 bits per heavy atom. The van der Waals surface area contributed by atoms with Crippen LogP contribution in [-0.2, 0) is 0 Å². The lowest BCUT2D eigenvalue weighted by molar-refractivity contribution is -0.954. The molecular formula is C24H16I2N3O4+3. The second-order valence-electron chi connectivity index (χ2n) is 7.52. The Morgan fingerprint density at radius 2 is 0.909 bits per heavy atom. The van der Waals surface area contributed by atoms with E-state index in [9.17, 15) is 9.59 Å². The van der Waals surface area contributed by atoms with Crippen LogP contribution in [0.4, 0.5) is 0 Å². The first-order chi connectivity index (χ1) is 15.8. The van der Waals surface area contributed by atoms with Crippen LogP contribution in [0.2, 0.25) is 0 Å². The van der Waals surface area contributed by atoms with Crippen LogP contribution in [0.5, 0.6) is 0 Å². The minimum absolute atomic E-state index is 0.257. The third-order valence-electron chi connectivity index (χ3n) is 5.57.